The Balaban J connectivity index is 1.99. The van der Waals surface area contributed by atoms with E-state index in [2.05, 4.69) is 10.3 Å². The van der Waals surface area contributed by atoms with Crippen LogP contribution in [0.4, 0.5) is 17.1 Å². The standard InChI is InChI=1S/C19H19N3O4/c1-12(2)26-18-7-4-13(10-19(18)25-3)21-16-5-6-17(22(23)24)15-11-20-9-8-14(15)16/h4-12,21H,1-3H3. The van der Waals surface area contributed by atoms with E-state index in [1.165, 1.54) is 12.3 Å². The molecule has 0 aliphatic rings. The molecule has 134 valence electrons. The van der Waals surface area contributed by atoms with E-state index in [0.717, 1.165) is 16.8 Å². The number of hydrogen-bond acceptors (Lipinski definition) is 6. The summed E-state index contributed by atoms with van der Waals surface area (Å²) in [5.74, 6) is 1.27. The van der Waals surface area contributed by atoms with E-state index >= 15 is 0 Å². The minimum atomic E-state index is -0.408. The smallest absolute Gasteiger partial charge is 0.278 e. The van der Waals surface area contributed by atoms with E-state index in [1.807, 2.05) is 32.0 Å². The first-order valence-corrected chi connectivity index (χ1v) is 8.12. The lowest BCUT2D eigenvalue weighted by molar-refractivity contribution is -0.383. The number of anilines is 2. The van der Waals surface area contributed by atoms with Crippen LogP contribution in [0.25, 0.3) is 10.8 Å². The van der Waals surface area contributed by atoms with Gasteiger partial charge in [-0.25, -0.2) is 0 Å². The van der Waals surface area contributed by atoms with Gasteiger partial charge in [0.15, 0.2) is 11.5 Å². The molecule has 0 spiro atoms. The molecule has 0 bridgehead atoms. The molecule has 0 amide bonds. The number of methoxy groups -OCH3 is 1. The van der Waals surface area contributed by atoms with Crippen LogP contribution in [0, 0.1) is 10.1 Å². The molecular formula is C19H19N3O4. The Hall–Kier alpha value is -3.35. The summed E-state index contributed by atoms with van der Waals surface area (Å²) in [6.07, 6.45) is 3.14. The fourth-order valence-electron chi connectivity index (χ4n) is 2.70. The van der Waals surface area contributed by atoms with E-state index in [-0.39, 0.29) is 11.8 Å². The van der Waals surface area contributed by atoms with E-state index in [1.54, 1.807) is 25.4 Å². The highest BCUT2D eigenvalue weighted by Gasteiger charge is 2.15. The maximum atomic E-state index is 11.2. The molecule has 0 radical (unpaired) electrons. The Morgan fingerprint density at radius 3 is 2.62 bits per heavy atom. The first kappa shape index (κ1) is 17.5. The summed E-state index contributed by atoms with van der Waals surface area (Å²) < 4.78 is 11.1. The second-order valence-corrected chi connectivity index (χ2v) is 5.97. The predicted molar refractivity (Wildman–Crippen MR) is 100 cm³/mol. The van der Waals surface area contributed by atoms with Crippen LogP contribution in [0.5, 0.6) is 11.5 Å². The maximum Gasteiger partial charge on any atom is 0.278 e. The number of aromatic nitrogens is 1. The number of pyridine rings is 1. The summed E-state index contributed by atoms with van der Waals surface area (Å²) in [5.41, 5.74) is 1.55. The molecule has 3 aromatic rings. The maximum absolute atomic E-state index is 11.2. The lowest BCUT2D eigenvalue weighted by atomic mass is 10.1. The zero-order valence-corrected chi connectivity index (χ0v) is 14.7. The number of hydrogen-bond donors (Lipinski definition) is 1. The molecule has 0 saturated heterocycles. The molecule has 0 saturated carbocycles. The zero-order chi connectivity index (χ0) is 18.7. The Morgan fingerprint density at radius 2 is 1.92 bits per heavy atom. The van der Waals surface area contributed by atoms with Crippen LogP contribution in [0.15, 0.2) is 48.8 Å². The van der Waals surface area contributed by atoms with E-state index in [9.17, 15) is 10.1 Å². The van der Waals surface area contributed by atoms with Crippen molar-refractivity contribution in [1.82, 2.24) is 4.98 Å². The van der Waals surface area contributed by atoms with Crippen LogP contribution < -0.4 is 14.8 Å². The van der Waals surface area contributed by atoms with Gasteiger partial charge in [-0.1, -0.05) is 0 Å². The Bertz CT molecular complexity index is 957. The zero-order valence-electron chi connectivity index (χ0n) is 14.7. The number of ether oxygens (including phenoxy) is 2. The normalized spacial score (nSPS) is 10.8. The Labute approximate surface area is 150 Å². The van der Waals surface area contributed by atoms with Gasteiger partial charge >= 0.3 is 0 Å². The third-order valence-corrected chi connectivity index (χ3v) is 3.80. The van der Waals surface area contributed by atoms with Gasteiger partial charge in [-0.05, 0) is 38.1 Å². The number of nitro benzene ring substituents is 1. The summed E-state index contributed by atoms with van der Waals surface area (Å²) in [7, 11) is 1.58. The lowest BCUT2D eigenvalue weighted by Crippen LogP contribution is -2.06. The predicted octanol–water partition coefficient (Wildman–Crippen LogP) is 4.68. The minimum Gasteiger partial charge on any atom is -0.493 e. The number of fused-ring (bicyclic) bond motifs is 1. The molecule has 7 heteroatoms. The third kappa shape index (κ3) is 3.51. The highest BCUT2D eigenvalue weighted by atomic mass is 16.6. The summed E-state index contributed by atoms with van der Waals surface area (Å²) in [4.78, 5) is 14.8. The number of benzene rings is 2. The summed E-state index contributed by atoms with van der Waals surface area (Å²) in [6.45, 7) is 3.89. The molecule has 1 aromatic heterocycles. The first-order valence-electron chi connectivity index (χ1n) is 8.12. The molecule has 0 aliphatic carbocycles. The first-order chi connectivity index (χ1) is 12.5. The van der Waals surface area contributed by atoms with E-state index < -0.39 is 4.92 Å². The van der Waals surface area contributed by atoms with Crippen LogP contribution in [-0.4, -0.2) is 23.1 Å². The average Bonchev–Trinajstić information content (AvgIpc) is 2.62. The SMILES string of the molecule is COc1cc(Nc2ccc([N+](=O)[O-])c3cnccc23)ccc1OC(C)C. The Kier molecular flexibility index (Phi) is 4.88. The lowest BCUT2D eigenvalue weighted by Gasteiger charge is -2.16. The molecule has 7 nitrogen and oxygen atoms in total. The molecule has 3 rings (SSSR count). The van der Waals surface area contributed by atoms with Crippen molar-refractivity contribution < 1.29 is 14.4 Å². The van der Waals surface area contributed by atoms with Crippen molar-refractivity contribution in [2.45, 2.75) is 20.0 Å². The number of nitrogens with one attached hydrogen (secondary N) is 1. The molecular weight excluding hydrogens is 334 g/mol. The number of rotatable bonds is 6. The van der Waals surface area contributed by atoms with Gasteiger partial charge in [0.2, 0.25) is 0 Å². The highest BCUT2D eigenvalue weighted by Crippen LogP contribution is 2.35. The average molecular weight is 353 g/mol. The van der Waals surface area contributed by atoms with Crippen LogP contribution in [-0.2, 0) is 0 Å². The second kappa shape index (κ2) is 7.26. The Morgan fingerprint density at radius 1 is 1.12 bits per heavy atom. The molecule has 0 unspecified atom stereocenters. The largest absolute Gasteiger partial charge is 0.493 e. The number of nitrogens with zero attached hydrogens (tertiary/aromatic N) is 2. The van der Waals surface area contributed by atoms with Crippen molar-refractivity contribution in [1.29, 1.82) is 0 Å². The van der Waals surface area contributed by atoms with Gasteiger partial charge < -0.3 is 14.8 Å². The third-order valence-electron chi connectivity index (χ3n) is 3.80. The second-order valence-electron chi connectivity index (χ2n) is 5.97. The van der Waals surface area contributed by atoms with Crippen molar-refractivity contribution in [2.75, 3.05) is 12.4 Å². The molecule has 0 atom stereocenters. The molecule has 26 heavy (non-hydrogen) atoms. The van der Waals surface area contributed by atoms with Gasteiger partial charge in [0.1, 0.15) is 0 Å². The number of nitro groups is 1. The minimum absolute atomic E-state index is 0.0249. The van der Waals surface area contributed by atoms with Crippen LogP contribution in [0.2, 0.25) is 0 Å². The van der Waals surface area contributed by atoms with Gasteiger partial charge in [-0.3, -0.25) is 15.1 Å². The van der Waals surface area contributed by atoms with Crippen molar-refractivity contribution in [3.63, 3.8) is 0 Å². The highest BCUT2D eigenvalue weighted by molar-refractivity contribution is 6.00. The van der Waals surface area contributed by atoms with Crippen LogP contribution in [0.1, 0.15) is 13.8 Å². The monoisotopic (exact) mass is 353 g/mol. The fourth-order valence-corrected chi connectivity index (χ4v) is 2.70. The van der Waals surface area contributed by atoms with Crippen molar-refractivity contribution in [3.05, 3.63) is 58.9 Å². The van der Waals surface area contributed by atoms with Gasteiger partial charge in [-0.15, -0.1) is 0 Å². The fraction of sp³-hybridized carbons (Fsp3) is 0.211. The molecule has 0 fully saturated rings. The molecule has 1 N–H and O–H groups in total. The van der Waals surface area contributed by atoms with Crippen LogP contribution >= 0.6 is 0 Å². The van der Waals surface area contributed by atoms with Gasteiger partial charge in [0.25, 0.3) is 5.69 Å². The van der Waals surface area contributed by atoms with E-state index in [4.69, 9.17) is 9.47 Å². The van der Waals surface area contributed by atoms with Crippen molar-refractivity contribution in [3.8, 4) is 11.5 Å². The van der Waals surface area contributed by atoms with Gasteiger partial charge in [0, 0.05) is 41.3 Å². The van der Waals surface area contributed by atoms with Crippen LogP contribution in [0.3, 0.4) is 0 Å². The topological polar surface area (TPSA) is 86.5 Å². The van der Waals surface area contributed by atoms with Gasteiger partial charge in [-0.2, -0.15) is 0 Å². The molecule has 0 aliphatic heterocycles. The van der Waals surface area contributed by atoms with Crippen molar-refractivity contribution >= 4 is 27.8 Å². The quantitative estimate of drug-likeness (QED) is 0.511. The summed E-state index contributed by atoms with van der Waals surface area (Å²) in [5, 5.41) is 15.7. The summed E-state index contributed by atoms with van der Waals surface area (Å²) >= 11 is 0. The van der Waals surface area contributed by atoms with Crippen molar-refractivity contribution in [2.24, 2.45) is 0 Å². The molecule has 2 aromatic carbocycles. The van der Waals surface area contributed by atoms with Gasteiger partial charge in [0.05, 0.1) is 23.5 Å². The molecule has 1 heterocycles. The number of non-ortho nitro benzene ring substituents is 1. The summed E-state index contributed by atoms with van der Waals surface area (Å²) in [6, 6.07) is 10.4. The van der Waals surface area contributed by atoms with E-state index in [0.29, 0.717) is 16.9 Å².